The number of hydrogen-bond donors (Lipinski definition) is 0. The van der Waals surface area contributed by atoms with Gasteiger partial charge in [-0.25, -0.2) is 14.8 Å². The Morgan fingerprint density at radius 2 is 1.66 bits per heavy atom. The molecule has 2 aromatic rings. The maximum atomic E-state index is 12.0. The van der Waals surface area contributed by atoms with Gasteiger partial charge >= 0.3 is 11.9 Å². The van der Waals surface area contributed by atoms with Gasteiger partial charge < -0.3 is 9.47 Å². The average Bonchev–Trinajstić information content (AvgIpc) is 2.87. The Morgan fingerprint density at radius 1 is 0.943 bits per heavy atom. The second-order valence-corrected chi connectivity index (χ2v) is 8.87. The van der Waals surface area contributed by atoms with Crippen molar-refractivity contribution >= 4 is 11.9 Å². The third-order valence-electron chi connectivity index (χ3n) is 5.73. The first-order chi connectivity index (χ1) is 17.0. The smallest absolute Gasteiger partial charge is 0.335 e. The lowest BCUT2D eigenvalue weighted by molar-refractivity contribution is -0.148. The van der Waals surface area contributed by atoms with Crippen LogP contribution in [-0.4, -0.2) is 28.0 Å². The van der Waals surface area contributed by atoms with Gasteiger partial charge in [0.05, 0.1) is 18.5 Å². The van der Waals surface area contributed by atoms with Gasteiger partial charge in [-0.05, 0) is 51.0 Å². The molecule has 1 aromatic carbocycles. The second-order valence-electron chi connectivity index (χ2n) is 8.87. The Hall–Kier alpha value is -3.02. The molecule has 0 N–H and O–H groups in total. The monoisotopic (exact) mass is 480 g/mol. The maximum absolute atomic E-state index is 12.0. The van der Waals surface area contributed by atoms with E-state index in [0.717, 1.165) is 44.1 Å². The van der Waals surface area contributed by atoms with Gasteiger partial charge in [-0.3, -0.25) is 4.79 Å². The summed E-state index contributed by atoms with van der Waals surface area (Å²) in [5, 5.41) is 0. The highest BCUT2D eigenvalue weighted by Gasteiger charge is 2.08. The molecule has 6 nitrogen and oxygen atoms in total. The first-order valence-electron chi connectivity index (χ1n) is 13.0. The molecule has 1 unspecified atom stereocenters. The largest absolute Gasteiger partial charge is 0.463 e. The lowest BCUT2D eigenvalue weighted by Crippen LogP contribution is -2.13. The van der Waals surface area contributed by atoms with Crippen molar-refractivity contribution in [2.45, 2.75) is 97.5 Å². The quantitative estimate of drug-likeness (QED) is 0.146. The van der Waals surface area contributed by atoms with Crippen LogP contribution in [0.15, 0.2) is 48.8 Å². The van der Waals surface area contributed by atoms with Crippen LogP contribution >= 0.6 is 0 Å². The summed E-state index contributed by atoms with van der Waals surface area (Å²) in [6.45, 7) is 5.95. The number of benzene rings is 1. The van der Waals surface area contributed by atoms with E-state index < -0.39 is 5.97 Å². The van der Waals surface area contributed by atoms with Gasteiger partial charge in [0.25, 0.3) is 0 Å². The van der Waals surface area contributed by atoms with Crippen molar-refractivity contribution in [2.75, 3.05) is 0 Å². The van der Waals surface area contributed by atoms with Crippen molar-refractivity contribution in [1.29, 1.82) is 0 Å². The summed E-state index contributed by atoms with van der Waals surface area (Å²) >= 11 is 0. The van der Waals surface area contributed by atoms with E-state index in [2.05, 4.69) is 29.0 Å². The summed E-state index contributed by atoms with van der Waals surface area (Å²) in [6, 6.07) is 8.18. The fraction of sp³-hybridized carbons (Fsp3) is 0.517. The van der Waals surface area contributed by atoms with E-state index in [0.29, 0.717) is 18.0 Å². The van der Waals surface area contributed by atoms with Gasteiger partial charge in [-0.1, -0.05) is 69.9 Å². The van der Waals surface area contributed by atoms with Crippen molar-refractivity contribution in [3.05, 3.63) is 54.4 Å². The zero-order valence-electron chi connectivity index (χ0n) is 21.5. The summed E-state index contributed by atoms with van der Waals surface area (Å²) in [5.41, 5.74) is 2.16. The van der Waals surface area contributed by atoms with Crippen molar-refractivity contribution in [2.24, 2.45) is 0 Å². The average molecular weight is 481 g/mol. The summed E-state index contributed by atoms with van der Waals surface area (Å²) in [4.78, 5) is 32.0. The molecule has 0 spiro atoms. The van der Waals surface area contributed by atoms with Gasteiger partial charge in [-0.2, -0.15) is 0 Å². The standard InChI is InChI=1S/C29H40N2O4/c1-4-6-7-8-9-10-11-16-28(33)35-26-21-30-29(31-22-26)25-19-17-24(18-20-25)15-13-12-14-23(3)34-27(32)5-2/h11,16-23H,4-10,12-15H2,1-3H3/b16-11+. The van der Waals surface area contributed by atoms with Crippen LogP contribution in [-0.2, 0) is 20.7 Å². The van der Waals surface area contributed by atoms with Gasteiger partial charge in [0, 0.05) is 18.1 Å². The number of aromatic nitrogens is 2. The number of aryl methyl sites for hydroxylation is 1. The van der Waals surface area contributed by atoms with E-state index in [9.17, 15) is 9.59 Å². The summed E-state index contributed by atoms with van der Waals surface area (Å²) < 4.78 is 10.6. The summed E-state index contributed by atoms with van der Waals surface area (Å²) in [7, 11) is 0. The van der Waals surface area contributed by atoms with E-state index in [1.807, 2.05) is 32.1 Å². The third kappa shape index (κ3) is 11.8. The van der Waals surface area contributed by atoms with Gasteiger partial charge in [-0.15, -0.1) is 0 Å². The minimum atomic E-state index is -0.405. The van der Waals surface area contributed by atoms with Crippen molar-refractivity contribution in [1.82, 2.24) is 9.97 Å². The fourth-order valence-electron chi connectivity index (χ4n) is 3.66. The Bertz CT molecular complexity index is 907. The number of hydrogen-bond acceptors (Lipinski definition) is 6. The van der Waals surface area contributed by atoms with E-state index in [-0.39, 0.29) is 12.1 Å². The SMILES string of the molecule is CCCCCCC/C=C/C(=O)Oc1cnc(-c2ccc(CCCCC(C)OC(=O)CC)cc2)nc1. The number of rotatable bonds is 16. The topological polar surface area (TPSA) is 78.4 Å². The van der Waals surface area contributed by atoms with Crippen LogP contribution in [0.25, 0.3) is 11.4 Å². The Kier molecular flexibility index (Phi) is 13.4. The van der Waals surface area contributed by atoms with Crippen molar-refractivity contribution in [3.63, 3.8) is 0 Å². The van der Waals surface area contributed by atoms with Gasteiger partial charge in [0.15, 0.2) is 11.6 Å². The van der Waals surface area contributed by atoms with E-state index >= 15 is 0 Å². The molecule has 0 saturated heterocycles. The van der Waals surface area contributed by atoms with E-state index in [4.69, 9.17) is 9.47 Å². The maximum Gasteiger partial charge on any atom is 0.335 e. The van der Waals surface area contributed by atoms with Crippen LogP contribution in [0, 0.1) is 0 Å². The number of unbranched alkanes of at least 4 members (excludes halogenated alkanes) is 6. The second kappa shape index (κ2) is 16.6. The highest BCUT2D eigenvalue weighted by atomic mass is 16.5. The predicted octanol–water partition coefficient (Wildman–Crippen LogP) is 7.02. The lowest BCUT2D eigenvalue weighted by atomic mass is 10.0. The molecule has 0 saturated carbocycles. The molecule has 0 amide bonds. The highest BCUT2D eigenvalue weighted by Crippen LogP contribution is 2.19. The molecule has 0 radical (unpaired) electrons. The molecular weight excluding hydrogens is 440 g/mol. The zero-order chi connectivity index (χ0) is 25.3. The number of nitrogens with zero attached hydrogens (tertiary/aromatic N) is 2. The molecule has 1 aromatic heterocycles. The minimum absolute atomic E-state index is 0.0273. The molecule has 0 fully saturated rings. The van der Waals surface area contributed by atoms with Gasteiger partial charge in [0.2, 0.25) is 0 Å². The molecule has 0 aliphatic heterocycles. The van der Waals surface area contributed by atoms with Crippen LogP contribution in [0.5, 0.6) is 5.75 Å². The van der Waals surface area contributed by atoms with Crippen LogP contribution in [0.2, 0.25) is 0 Å². The van der Waals surface area contributed by atoms with Crippen LogP contribution in [0.1, 0.15) is 90.5 Å². The molecule has 190 valence electrons. The molecule has 0 aliphatic carbocycles. The summed E-state index contributed by atoms with van der Waals surface area (Å²) in [6.07, 6.45) is 17.6. The molecule has 6 heteroatoms. The lowest BCUT2D eigenvalue weighted by Gasteiger charge is -2.12. The van der Waals surface area contributed by atoms with Crippen LogP contribution < -0.4 is 4.74 Å². The molecule has 0 aliphatic rings. The third-order valence-corrected chi connectivity index (χ3v) is 5.73. The van der Waals surface area contributed by atoms with Crippen LogP contribution in [0.4, 0.5) is 0 Å². The molecule has 1 atom stereocenters. The number of ether oxygens (including phenoxy) is 2. The van der Waals surface area contributed by atoms with Crippen molar-refractivity contribution in [3.8, 4) is 17.1 Å². The summed E-state index contributed by atoms with van der Waals surface area (Å²) in [5.74, 6) is 0.381. The Morgan fingerprint density at radius 3 is 2.34 bits per heavy atom. The predicted molar refractivity (Wildman–Crippen MR) is 139 cm³/mol. The Labute approximate surface area is 210 Å². The first-order valence-corrected chi connectivity index (χ1v) is 13.0. The number of carbonyl (C=O) groups is 2. The first kappa shape index (κ1) is 28.2. The van der Waals surface area contributed by atoms with Crippen molar-refractivity contribution < 1.29 is 19.1 Å². The van der Waals surface area contributed by atoms with Crippen LogP contribution in [0.3, 0.4) is 0 Å². The molecule has 35 heavy (non-hydrogen) atoms. The molecular formula is C29H40N2O4. The normalized spacial score (nSPS) is 12.0. The molecule has 0 bridgehead atoms. The highest BCUT2D eigenvalue weighted by molar-refractivity contribution is 5.83. The fourth-order valence-corrected chi connectivity index (χ4v) is 3.66. The number of allylic oxidation sites excluding steroid dienone is 1. The zero-order valence-corrected chi connectivity index (χ0v) is 21.5. The number of esters is 2. The number of carbonyl (C=O) groups excluding carboxylic acids is 2. The molecule has 2 rings (SSSR count). The minimum Gasteiger partial charge on any atom is -0.463 e. The van der Waals surface area contributed by atoms with Gasteiger partial charge in [0.1, 0.15) is 0 Å². The Balaban J connectivity index is 1.72. The van der Waals surface area contributed by atoms with E-state index in [1.54, 1.807) is 0 Å². The van der Waals surface area contributed by atoms with E-state index in [1.165, 1.54) is 49.7 Å². The molecule has 1 heterocycles.